The second-order valence-corrected chi connectivity index (χ2v) is 8.51. The van der Waals surface area contributed by atoms with Gasteiger partial charge in [0.15, 0.2) is 0 Å². The maximum atomic E-state index is 11.0. The van der Waals surface area contributed by atoms with Crippen LogP contribution in [0.15, 0.2) is 48.5 Å². The SMILES string of the molecule is CCOC(=S)SCc1cc([N+](=O)[O-])ccc1[Se]Cc1ccccc1. The summed E-state index contributed by atoms with van der Waals surface area (Å²) in [5, 5.41) is 12.0. The van der Waals surface area contributed by atoms with Gasteiger partial charge in [-0.25, -0.2) is 0 Å². The zero-order valence-electron chi connectivity index (χ0n) is 13.1. The van der Waals surface area contributed by atoms with Gasteiger partial charge in [0.1, 0.15) is 0 Å². The third kappa shape index (κ3) is 5.91. The Morgan fingerprint density at radius 1 is 1.29 bits per heavy atom. The van der Waals surface area contributed by atoms with E-state index < -0.39 is 0 Å². The Bertz CT molecular complexity index is 710. The van der Waals surface area contributed by atoms with Crippen LogP contribution in [0.5, 0.6) is 0 Å². The molecule has 0 atom stereocenters. The van der Waals surface area contributed by atoms with Gasteiger partial charge in [-0.05, 0) is 0 Å². The molecule has 2 rings (SSSR count). The standard InChI is InChI=1S/C17H17NO3S2Se/c1-2-21-17(22)23-11-14-10-15(18(19)20)8-9-16(14)24-12-13-6-4-3-5-7-13/h3-10H,2,11-12H2,1H3. The topological polar surface area (TPSA) is 52.4 Å². The van der Waals surface area contributed by atoms with E-state index in [2.05, 4.69) is 12.1 Å². The summed E-state index contributed by atoms with van der Waals surface area (Å²) in [6, 6.07) is 15.4. The molecule has 0 N–H and O–H groups in total. The van der Waals surface area contributed by atoms with Gasteiger partial charge < -0.3 is 0 Å². The predicted octanol–water partition coefficient (Wildman–Crippen LogP) is 3.68. The molecule has 0 spiro atoms. The number of benzene rings is 2. The van der Waals surface area contributed by atoms with Gasteiger partial charge in [0, 0.05) is 0 Å². The van der Waals surface area contributed by atoms with Crippen molar-refractivity contribution in [1.29, 1.82) is 0 Å². The predicted molar refractivity (Wildman–Crippen MR) is 104 cm³/mol. The van der Waals surface area contributed by atoms with Gasteiger partial charge >= 0.3 is 158 Å². The number of nitro benzene ring substituents is 1. The zero-order chi connectivity index (χ0) is 17.4. The molecule has 0 amide bonds. The van der Waals surface area contributed by atoms with Crippen molar-refractivity contribution in [3.63, 3.8) is 0 Å². The van der Waals surface area contributed by atoms with Crippen LogP contribution in [0, 0.1) is 10.1 Å². The summed E-state index contributed by atoms with van der Waals surface area (Å²) in [6.07, 6.45) is 0. The minimum atomic E-state index is -0.358. The Hall–Kier alpha value is -1.40. The maximum absolute atomic E-state index is 11.0. The van der Waals surface area contributed by atoms with E-state index in [4.69, 9.17) is 17.0 Å². The number of nitro groups is 1. The van der Waals surface area contributed by atoms with E-state index in [1.165, 1.54) is 21.8 Å². The monoisotopic (exact) mass is 427 g/mol. The molecular formula is C17H17NO3S2Se. The van der Waals surface area contributed by atoms with Gasteiger partial charge in [-0.15, -0.1) is 0 Å². The van der Waals surface area contributed by atoms with E-state index in [0.717, 1.165) is 10.9 Å². The molecule has 0 radical (unpaired) electrons. The molecule has 0 aliphatic rings. The number of thiocarbonyl (C=S) groups is 1. The van der Waals surface area contributed by atoms with Crippen molar-refractivity contribution < 1.29 is 9.66 Å². The molecule has 0 aliphatic carbocycles. The van der Waals surface area contributed by atoms with Crippen molar-refractivity contribution in [3.8, 4) is 0 Å². The first-order valence-electron chi connectivity index (χ1n) is 7.33. The van der Waals surface area contributed by atoms with E-state index in [1.54, 1.807) is 12.1 Å². The number of thioether (sulfide) groups is 1. The summed E-state index contributed by atoms with van der Waals surface area (Å²) in [4.78, 5) is 10.7. The molecule has 0 aromatic heterocycles. The van der Waals surface area contributed by atoms with E-state index in [9.17, 15) is 10.1 Å². The average Bonchev–Trinajstić information content (AvgIpc) is 2.59. The van der Waals surface area contributed by atoms with Gasteiger partial charge in [0.2, 0.25) is 0 Å². The number of hydrogen-bond acceptors (Lipinski definition) is 5. The Labute approximate surface area is 157 Å². The normalized spacial score (nSPS) is 10.4. The Balaban J connectivity index is 2.12. The van der Waals surface area contributed by atoms with Crippen LogP contribution >= 0.6 is 24.0 Å². The van der Waals surface area contributed by atoms with Crippen molar-refractivity contribution in [2.45, 2.75) is 18.0 Å². The quantitative estimate of drug-likeness (QED) is 0.293. The van der Waals surface area contributed by atoms with Crippen LogP contribution in [0.2, 0.25) is 0 Å². The molecule has 2 aromatic rings. The van der Waals surface area contributed by atoms with Crippen LogP contribution in [-0.2, 0) is 15.8 Å². The fourth-order valence-corrected chi connectivity index (χ4v) is 5.27. The summed E-state index contributed by atoms with van der Waals surface area (Å²) in [7, 11) is 0. The molecule has 0 aliphatic heterocycles. The van der Waals surface area contributed by atoms with Crippen molar-refractivity contribution in [1.82, 2.24) is 0 Å². The van der Waals surface area contributed by atoms with Gasteiger partial charge in [-0.3, -0.25) is 0 Å². The Morgan fingerprint density at radius 3 is 2.71 bits per heavy atom. The Morgan fingerprint density at radius 2 is 2.04 bits per heavy atom. The van der Waals surface area contributed by atoms with Gasteiger partial charge in [0.05, 0.1) is 0 Å². The summed E-state index contributed by atoms with van der Waals surface area (Å²) in [6.45, 7) is 2.42. The first-order valence-corrected chi connectivity index (χ1v) is 10.8. The molecule has 0 bridgehead atoms. The molecule has 126 valence electrons. The molecule has 0 saturated heterocycles. The van der Waals surface area contributed by atoms with E-state index in [1.807, 2.05) is 31.2 Å². The fourth-order valence-electron chi connectivity index (χ4n) is 1.96. The summed E-state index contributed by atoms with van der Waals surface area (Å²) in [5.74, 6) is 0.590. The van der Waals surface area contributed by atoms with E-state index in [-0.39, 0.29) is 25.6 Å². The molecule has 0 heterocycles. The molecule has 0 unspecified atom stereocenters. The van der Waals surface area contributed by atoms with Crippen molar-refractivity contribution in [3.05, 3.63) is 69.8 Å². The van der Waals surface area contributed by atoms with Crippen LogP contribution in [0.1, 0.15) is 18.1 Å². The van der Waals surface area contributed by atoms with Crippen LogP contribution in [0.4, 0.5) is 5.69 Å². The minimum absolute atomic E-state index is 0.118. The molecule has 24 heavy (non-hydrogen) atoms. The van der Waals surface area contributed by atoms with Crippen LogP contribution in [-0.4, -0.2) is 30.9 Å². The van der Waals surface area contributed by atoms with Gasteiger partial charge in [0.25, 0.3) is 0 Å². The summed E-state index contributed by atoms with van der Waals surface area (Å²) in [5.41, 5.74) is 2.36. The van der Waals surface area contributed by atoms with E-state index >= 15 is 0 Å². The number of non-ortho nitro benzene ring substituents is 1. The second-order valence-electron chi connectivity index (χ2n) is 4.80. The van der Waals surface area contributed by atoms with Gasteiger partial charge in [-0.2, -0.15) is 0 Å². The molecule has 0 fully saturated rings. The molecule has 2 aromatic carbocycles. The molecule has 7 heteroatoms. The van der Waals surface area contributed by atoms with Crippen LogP contribution < -0.4 is 4.46 Å². The molecule has 4 nitrogen and oxygen atoms in total. The van der Waals surface area contributed by atoms with Crippen molar-refractivity contribution in [2.24, 2.45) is 0 Å². The Kier molecular flexibility index (Phi) is 7.72. The van der Waals surface area contributed by atoms with Crippen LogP contribution in [0.25, 0.3) is 0 Å². The number of hydrogen-bond donors (Lipinski definition) is 0. The molecule has 0 saturated carbocycles. The van der Waals surface area contributed by atoms with Crippen molar-refractivity contribution >= 4 is 53.5 Å². The van der Waals surface area contributed by atoms with Crippen molar-refractivity contribution in [2.75, 3.05) is 6.61 Å². The number of ether oxygens (including phenoxy) is 1. The first-order chi connectivity index (χ1) is 11.6. The van der Waals surface area contributed by atoms with Crippen LogP contribution in [0.3, 0.4) is 0 Å². The summed E-state index contributed by atoms with van der Waals surface area (Å²) >= 11 is 6.75. The summed E-state index contributed by atoms with van der Waals surface area (Å²) < 4.78 is 6.92. The third-order valence-electron chi connectivity index (χ3n) is 3.10. The van der Waals surface area contributed by atoms with Gasteiger partial charge in [-0.1, -0.05) is 0 Å². The zero-order valence-corrected chi connectivity index (χ0v) is 16.5. The number of nitrogens with zero attached hydrogens (tertiary/aromatic N) is 1. The second kappa shape index (κ2) is 9.79. The fraction of sp³-hybridized carbons (Fsp3) is 0.235. The number of rotatable bonds is 7. The third-order valence-corrected chi connectivity index (χ3v) is 6.87. The average molecular weight is 426 g/mol. The molecular weight excluding hydrogens is 409 g/mol. The van der Waals surface area contributed by atoms with E-state index in [0.29, 0.717) is 16.7 Å². The first kappa shape index (κ1) is 18.9.